The lowest BCUT2D eigenvalue weighted by atomic mass is 10.0. The van der Waals surface area contributed by atoms with Crippen LogP contribution in [0.2, 0.25) is 0 Å². The van der Waals surface area contributed by atoms with Gasteiger partial charge < -0.3 is 19.9 Å². The average Bonchev–Trinajstić information content (AvgIpc) is 3.22. The third-order valence-electron chi connectivity index (χ3n) is 4.64. The lowest BCUT2D eigenvalue weighted by Gasteiger charge is -2.20. The number of H-pyrrole nitrogens is 1. The Morgan fingerprint density at radius 1 is 1.13 bits per heavy atom. The molecule has 0 aliphatic rings. The Bertz CT molecular complexity index is 844. The number of benzene rings is 1. The van der Waals surface area contributed by atoms with Crippen LogP contribution in [-0.2, 0) is 16.1 Å². The molecule has 30 heavy (non-hydrogen) atoms. The molecule has 0 fully saturated rings. The van der Waals surface area contributed by atoms with Crippen LogP contribution in [0, 0.1) is 5.92 Å². The minimum atomic E-state index is -0.839. The van der Waals surface area contributed by atoms with Gasteiger partial charge in [-0.3, -0.25) is 9.59 Å². The first-order valence-electron chi connectivity index (χ1n) is 10.2. The van der Waals surface area contributed by atoms with Gasteiger partial charge in [-0.25, -0.2) is 9.78 Å². The number of aromatic nitrogens is 2. The second-order valence-electron chi connectivity index (χ2n) is 7.35. The lowest BCUT2D eigenvalue weighted by molar-refractivity contribution is -0.147. The normalized spacial score (nSPS) is 11.8. The monoisotopic (exact) mass is 414 g/mol. The molecule has 1 heterocycles. The highest BCUT2D eigenvalue weighted by atomic mass is 16.5. The third kappa shape index (κ3) is 6.17. The average molecular weight is 415 g/mol. The molecule has 2 N–H and O–H groups in total. The first-order valence-corrected chi connectivity index (χ1v) is 10.2. The van der Waals surface area contributed by atoms with E-state index in [0.717, 1.165) is 5.56 Å². The van der Waals surface area contributed by atoms with Crippen LogP contribution in [0.15, 0.2) is 36.7 Å². The standard InChI is InChI=1S/C22H30N4O4/c1-5-26(6-2)21(28)19-18(23-14-24-19)20(27)25-17(12-15(3)4)22(29)30-13-16-10-8-7-9-11-16/h7-11,14-15,17H,5-6,12-13H2,1-4H3,(H,23,24)(H,25,27)/t17-/m0/s1. The molecule has 162 valence electrons. The molecule has 2 amide bonds. The summed E-state index contributed by atoms with van der Waals surface area (Å²) in [5.41, 5.74) is 0.938. The van der Waals surface area contributed by atoms with Crippen LogP contribution in [0.1, 0.15) is 60.7 Å². The van der Waals surface area contributed by atoms with Crippen molar-refractivity contribution in [1.82, 2.24) is 20.2 Å². The molecule has 0 saturated carbocycles. The number of rotatable bonds is 10. The van der Waals surface area contributed by atoms with Gasteiger partial charge in [0.15, 0.2) is 5.69 Å². The van der Waals surface area contributed by atoms with E-state index in [-0.39, 0.29) is 29.8 Å². The van der Waals surface area contributed by atoms with Gasteiger partial charge in [0, 0.05) is 13.1 Å². The number of carbonyl (C=O) groups excluding carboxylic acids is 3. The minimum absolute atomic E-state index is 0.0310. The van der Waals surface area contributed by atoms with Crippen molar-refractivity contribution >= 4 is 17.8 Å². The van der Waals surface area contributed by atoms with E-state index >= 15 is 0 Å². The van der Waals surface area contributed by atoms with Gasteiger partial charge in [-0.1, -0.05) is 44.2 Å². The molecule has 1 aromatic heterocycles. The number of imidazole rings is 1. The summed E-state index contributed by atoms with van der Waals surface area (Å²) in [6, 6.07) is 8.49. The Morgan fingerprint density at radius 2 is 1.80 bits per heavy atom. The molecule has 0 aliphatic heterocycles. The molecule has 0 unspecified atom stereocenters. The van der Waals surface area contributed by atoms with E-state index in [0.29, 0.717) is 19.5 Å². The maximum absolute atomic E-state index is 12.8. The van der Waals surface area contributed by atoms with Crippen LogP contribution < -0.4 is 5.32 Å². The van der Waals surface area contributed by atoms with Crippen molar-refractivity contribution in [2.45, 2.75) is 46.8 Å². The maximum atomic E-state index is 12.8. The van der Waals surface area contributed by atoms with Crippen molar-refractivity contribution in [3.8, 4) is 0 Å². The molecule has 8 heteroatoms. The van der Waals surface area contributed by atoms with Gasteiger partial charge in [0.25, 0.3) is 11.8 Å². The van der Waals surface area contributed by atoms with Crippen molar-refractivity contribution in [1.29, 1.82) is 0 Å². The van der Waals surface area contributed by atoms with Gasteiger partial charge in [0.2, 0.25) is 0 Å². The molecule has 0 bridgehead atoms. The van der Waals surface area contributed by atoms with Crippen LogP contribution >= 0.6 is 0 Å². The molecule has 1 aromatic carbocycles. The molecular weight excluding hydrogens is 384 g/mol. The van der Waals surface area contributed by atoms with E-state index in [4.69, 9.17) is 4.74 Å². The van der Waals surface area contributed by atoms with E-state index in [9.17, 15) is 14.4 Å². The molecule has 1 atom stereocenters. The summed E-state index contributed by atoms with van der Waals surface area (Å²) in [4.78, 5) is 46.4. The first-order chi connectivity index (χ1) is 14.4. The molecule has 2 aromatic rings. The number of nitrogens with zero attached hydrogens (tertiary/aromatic N) is 2. The second-order valence-corrected chi connectivity index (χ2v) is 7.35. The van der Waals surface area contributed by atoms with Gasteiger partial charge in [0.1, 0.15) is 18.3 Å². The highest BCUT2D eigenvalue weighted by Gasteiger charge is 2.28. The zero-order chi connectivity index (χ0) is 22.1. The molecular formula is C22H30N4O4. The smallest absolute Gasteiger partial charge is 0.328 e. The van der Waals surface area contributed by atoms with Crippen LogP contribution in [0.5, 0.6) is 0 Å². The first kappa shape index (κ1) is 23.1. The Morgan fingerprint density at radius 3 is 2.40 bits per heavy atom. The summed E-state index contributed by atoms with van der Waals surface area (Å²) >= 11 is 0. The second kappa shape index (κ2) is 11.1. The summed E-state index contributed by atoms with van der Waals surface area (Å²) in [6.45, 7) is 8.77. The fraction of sp³-hybridized carbons (Fsp3) is 0.455. The van der Waals surface area contributed by atoms with Crippen molar-refractivity contribution in [2.24, 2.45) is 5.92 Å². The number of esters is 1. The van der Waals surface area contributed by atoms with Gasteiger partial charge in [0.05, 0.1) is 6.33 Å². The van der Waals surface area contributed by atoms with Crippen molar-refractivity contribution in [3.63, 3.8) is 0 Å². The SMILES string of the molecule is CCN(CC)C(=O)c1[nH]cnc1C(=O)N[C@@H](CC(C)C)C(=O)OCc1ccccc1. The molecule has 0 saturated heterocycles. The molecule has 2 rings (SSSR count). The van der Waals surface area contributed by atoms with E-state index in [1.807, 2.05) is 58.0 Å². The van der Waals surface area contributed by atoms with Gasteiger partial charge in [-0.05, 0) is 31.7 Å². The fourth-order valence-electron chi connectivity index (χ4n) is 3.04. The van der Waals surface area contributed by atoms with Crippen LogP contribution in [0.25, 0.3) is 0 Å². The summed E-state index contributed by atoms with van der Waals surface area (Å²) < 4.78 is 5.40. The zero-order valence-electron chi connectivity index (χ0n) is 18.0. The topological polar surface area (TPSA) is 104 Å². The predicted octanol–water partition coefficient (Wildman–Crippen LogP) is 2.78. The molecule has 0 aliphatic carbocycles. The summed E-state index contributed by atoms with van der Waals surface area (Å²) in [7, 11) is 0. The summed E-state index contributed by atoms with van der Waals surface area (Å²) in [5, 5.41) is 2.69. The van der Waals surface area contributed by atoms with E-state index < -0.39 is 17.9 Å². The van der Waals surface area contributed by atoms with Crippen LogP contribution in [-0.4, -0.2) is 51.8 Å². The number of carbonyl (C=O) groups is 3. The third-order valence-corrected chi connectivity index (χ3v) is 4.64. The van der Waals surface area contributed by atoms with Gasteiger partial charge in [-0.2, -0.15) is 0 Å². The fourth-order valence-corrected chi connectivity index (χ4v) is 3.04. The number of nitrogens with one attached hydrogen (secondary N) is 2. The number of hydrogen-bond acceptors (Lipinski definition) is 5. The van der Waals surface area contributed by atoms with E-state index in [2.05, 4.69) is 15.3 Å². The van der Waals surface area contributed by atoms with Crippen molar-refractivity contribution in [2.75, 3.05) is 13.1 Å². The number of hydrogen-bond donors (Lipinski definition) is 2. The lowest BCUT2D eigenvalue weighted by Crippen LogP contribution is -2.43. The largest absolute Gasteiger partial charge is 0.459 e. The highest BCUT2D eigenvalue weighted by Crippen LogP contribution is 2.12. The molecule has 0 radical (unpaired) electrons. The molecule has 8 nitrogen and oxygen atoms in total. The summed E-state index contributed by atoms with van der Waals surface area (Å²) in [6.07, 6.45) is 1.71. The quantitative estimate of drug-likeness (QED) is 0.582. The van der Waals surface area contributed by atoms with Gasteiger partial charge >= 0.3 is 5.97 Å². The summed E-state index contributed by atoms with van der Waals surface area (Å²) in [5.74, 6) is -1.27. The van der Waals surface area contributed by atoms with E-state index in [1.165, 1.54) is 6.33 Å². The number of amides is 2. The Balaban J connectivity index is 2.11. The van der Waals surface area contributed by atoms with Gasteiger partial charge in [-0.15, -0.1) is 0 Å². The number of aromatic amines is 1. The van der Waals surface area contributed by atoms with Crippen molar-refractivity contribution < 1.29 is 19.1 Å². The highest BCUT2D eigenvalue weighted by molar-refractivity contribution is 6.05. The van der Waals surface area contributed by atoms with Crippen molar-refractivity contribution in [3.05, 3.63) is 53.6 Å². The maximum Gasteiger partial charge on any atom is 0.328 e. The Hall–Kier alpha value is -3.16. The minimum Gasteiger partial charge on any atom is -0.459 e. The Kier molecular flexibility index (Phi) is 8.58. The van der Waals surface area contributed by atoms with E-state index in [1.54, 1.807) is 4.90 Å². The molecule has 0 spiro atoms. The van der Waals surface area contributed by atoms with Crippen LogP contribution in [0.4, 0.5) is 0 Å². The Labute approximate surface area is 177 Å². The predicted molar refractivity (Wildman–Crippen MR) is 113 cm³/mol. The number of ether oxygens (including phenoxy) is 1. The van der Waals surface area contributed by atoms with Crippen LogP contribution in [0.3, 0.4) is 0 Å². The zero-order valence-corrected chi connectivity index (χ0v) is 18.0.